The first kappa shape index (κ1) is 29.8. The second kappa shape index (κ2) is 11.3. The number of aryl methyl sites for hydroxylation is 1. The normalized spacial score (nSPS) is 24.4. The Hall–Kier alpha value is -3.63. The van der Waals surface area contributed by atoms with Crippen LogP contribution in [-0.4, -0.2) is 76.7 Å². The minimum Gasteiger partial charge on any atom is -0.508 e. The van der Waals surface area contributed by atoms with Crippen LogP contribution in [0.25, 0.3) is 32.8 Å². The van der Waals surface area contributed by atoms with Crippen LogP contribution >= 0.6 is 0 Å². The number of phenols is 1. The maximum absolute atomic E-state index is 16.9. The Morgan fingerprint density at radius 2 is 1.85 bits per heavy atom. The SMILES string of the molecule is CCc1c(F)ccc2cc(O)cc(-c3ccc4c(N5CCC6(CCCO6)CC5)nc(OC[C@@]56CCCN5C[C@H](F)C6)nc4c3F)c12. The van der Waals surface area contributed by atoms with Crippen LogP contribution in [0.3, 0.4) is 0 Å². The summed E-state index contributed by atoms with van der Waals surface area (Å²) in [6.45, 7) is 5.51. The van der Waals surface area contributed by atoms with E-state index in [1.807, 2.05) is 13.0 Å². The molecule has 1 aromatic heterocycles. The molecular weight excluding hydrogens is 593 g/mol. The van der Waals surface area contributed by atoms with Crippen LogP contribution in [0, 0.1) is 11.6 Å². The van der Waals surface area contributed by atoms with Crippen molar-refractivity contribution < 1.29 is 27.8 Å². The summed E-state index contributed by atoms with van der Waals surface area (Å²) in [7, 11) is 0. The van der Waals surface area contributed by atoms with Crippen LogP contribution in [0.4, 0.5) is 19.0 Å². The van der Waals surface area contributed by atoms with Crippen molar-refractivity contribution in [3.8, 4) is 22.9 Å². The fourth-order valence-corrected chi connectivity index (χ4v) is 8.62. The van der Waals surface area contributed by atoms with Crippen molar-refractivity contribution in [3.63, 3.8) is 0 Å². The fourth-order valence-electron chi connectivity index (χ4n) is 8.62. The third-order valence-corrected chi connectivity index (χ3v) is 11.0. The van der Waals surface area contributed by atoms with Gasteiger partial charge in [0.15, 0.2) is 5.82 Å². The number of phenolic OH excluding ortho intramolecular Hbond substituents is 1. The third kappa shape index (κ3) is 4.87. The molecular formula is C36H39F3N4O3. The van der Waals surface area contributed by atoms with E-state index in [1.165, 1.54) is 12.1 Å². The lowest BCUT2D eigenvalue weighted by Crippen LogP contribution is -2.44. The number of hydrogen-bond donors (Lipinski definition) is 1. The molecule has 2 atom stereocenters. The van der Waals surface area contributed by atoms with Gasteiger partial charge in [-0.15, -0.1) is 0 Å². The summed E-state index contributed by atoms with van der Waals surface area (Å²) in [5.41, 5.74) is 0.646. The molecule has 0 unspecified atom stereocenters. The van der Waals surface area contributed by atoms with Gasteiger partial charge < -0.3 is 19.5 Å². The minimum absolute atomic E-state index is 0.0393. The number of alkyl halides is 1. The van der Waals surface area contributed by atoms with Gasteiger partial charge in [-0.3, -0.25) is 4.90 Å². The molecule has 5 heterocycles. The first-order valence-corrected chi connectivity index (χ1v) is 16.6. The lowest BCUT2D eigenvalue weighted by Gasteiger charge is -2.39. The van der Waals surface area contributed by atoms with E-state index in [0.29, 0.717) is 65.6 Å². The Kier molecular flexibility index (Phi) is 7.28. The lowest BCUT2D eigenvalue weighted by atomic mass is 9.88. The van der Waals surface area contributed by atoms with Crippen LogP contribution in [-0.2, 0) is 11.2 Å². The lowest BCUT2D eigenvalue weighted by molar-refractivity contribution is -0.0146. The molecule has 0 aliphatic carbocycles. The topological polar surface area (TPSA) is 71.0 Å². The first-order chi connectivity index (χ1) is 22.3. The average Bonchev–Trinajstić information content (AvgIpc) is 3.75. The predicted molar refractivity (Wildman–Crippen MR) is 171 cm³/mol. The summed E-state index contributed by atoms with van der Waals surface area (Å²) in [6.07, 6.45) is 5.54. The molecule has 7 nitrogen and oxygen atoms in total. The maximum Gasteiger partial charge on any atom is 0.319 e. The highest BCUT2D eigenvalue weighted by molar-refractivity contribution is 6.03. The first-order valence-electron chi connectivity index (χ1n) is 16.6. The summed E-state index contributed by atoms with van der Waals surface area (Å²) >= 11 is 0. The molecule has 4 aliphatic heterocycles. The van der Waals surface area contributed by atoms with Gasteiger partial charge in [0.05, 0.1) is 11.1 Å². The molecule has 0 bridgehead atoms. The number of hydrogen-bond acceptors (Lipinski definition) is 7. The van der Waals surface area contributed by atoms with Crippen LogP contribution < -0.4 is 9.64 Å². The molecule has 0 saturated carbocycles. The Morgan fingerprint density at radius 1 is 1.00 bits per heavy atom. The summed E-state index contributed by atoms with van der Waals surface area (Å²) in [5, 5.41) is 12.3. The van der Waals surface area contributed by atoms with Gasteiger partial charge >= 0.3 is 6.01 Å². The largest absolute Gasteiger partial charge is 0.508 e. The van der Waals surface area contributed by atoms with E-state index in [4.69, 9.17) is 14.5 Å². The Balaban J connectivity index is 1.24. The number of aromatic nitrogens is 2. The Bertz CT molecular complexity index is 1820. The minimum atomic E-state index is -0.898. The molecule has 4 fully saturated rings. The van der Waals surface area contributed by atoms with E-state index in [-0.39, 0.29) is 40.9 Å². The van der Waals surface area contributed by atoms with Gasteiger partial charge in [-0.25, -0.2) is 13.2 Å². The van der Waals surface area contributed by atoms with E-state index < -0.39 is 17.5 Å². The Labute approximate surface area is 266 Å². The number of rotatable bonds is 6. The van der Waals surface area contributed by atoms with Crippen molar-refractivity contribution in [1.82, 2.24) is 14.9 Å². The number of halogens is 3. The molecule has 0 amide bonds. The molecule has 1 spiro atoms. The van der Waals surface area contributed by atoms with Gasteiger partial charge in [0.1, 0.15) is 35.7 Å². The number of benzene rings is 3. The second-order valence-corrected chi connectivity index (χ2v) is 13.6. The van der Waals surface area contributed by atoms with Gasteiger partial charge in [0, 0.05) is 43.6 Å². The molecule has 242 valence electrons. The fraction of sp³-hybridized carbons (Fsp3) is 0.500. The maximum atomic E-state index is 16.9. The average molecular weight is 633 g/mol. The number of nitrogens with zero attached hydrogens (tertiary/aromatic N) is 4. The highest BCUT2D eigenvalue weighted by Gasteiger charge is 2.49. The van der Waals surface area contributed by atoms with Crippen molar-refractivity contribution in [1.29, 1.82) is 0 Å². The Morgan fingerprint density at radius 3 is 2.63 bits per heavy atom. The summed E-state index contributed by atoms with van der Waals surface area (Å²) < 4.78 is 58.8. The van der Waals surface area contributed by atoms with Crippen LogP contribution in [0.15, 0.2) is 36.4 Å². The monoisotopic (exact) mass is 632 g/mol. The molecule has 4 aliphatic rings. The molecule has 10 heteroatoms. The van der Waals surface area contributed by atoms with Gasteiger partial charge in [-0.1, -0.05) is 19.1 Å². The number of ether oxygens (including phenoxy) is 2. The zero-order valence-electron chi connectivity index (χ0n) is 26.1. The highest BCUT2D eigenvalue weighted by Crippen LogP contribution is 2.43. The smallest absolute Gasteiger partial charge is 0.319 e. The number of anilines is 1. The van der Waals surface area contributed by atoms with Crippen LogP contribution in [0.1, 0.15) is 57.4 Å². The van der Waals surface area contributed by atoms with Gasteiger partial charge in [-0.2, -0.15) is 9.97 Å². The van der Waals surface area contributed by atoms with Crippen molar-refractivity contribution in [2.75, 3.05) is 44.3 Å². The van der Waals surface area contributed by atoms with Gasteiger partial charge in [0.2, 0.25) is 0 Å². The van der Waals surface area contributed by atoms with Crippen molar-refractivity contribution >= 4 is 27.5 Å². The van der Waals surface area contributed by atoms with E-state index in [1.54, 1.807) is 18.2 Å². The highest BCUT2D eigenvalue weighted by atomic mass is 19.1. The van der Waals surface area contributed by atoms with Crippen LogP contribution in [0.2, 0.25) is 0 Å². The van der Waals surface area contributed by atoms with E-state index in [9.17, 15) is 13.9 Å². The summed E-state index contributed by atoms with van der Waals surface area (Å²) in [6, 6.07) is 9.57. The molecule has 0 radical (unpaired) electrons. The molecule has 4 saturated heterocycles. The number of fused-ring (bicyclic) bond motifs is 3. The molecule has 4 aromatic rings. The second-order valence-electron chi connectivity index (χ2n) is 13.6. The van der Waals surface area contributed by atoms with Crippen molar-refractivity contribution in [2.45, 2.75) is 75.6 Å². The quantitative estimate of drug-likeness (QED) is 0.243. The van der Waals surface area contributed by atoms with Crippen LogP contribution in [0.5, 0.6) is 11.8 Å². The van der Waals surface area contributed by atoms with E-state index >= 15 is 4.39 Å². The van der Waals surface area contributed by atoms with E-state index in [0.717, 1.165) is 51.7 Å². The third-order valence-electron chi connectivity index (χ3n) is 11.0. The molecule has 3 aromatic carbocycles. The zero-order valence-corrected chi connectivity index (χ0v) is 26.1. The van der Waals surface area contributed by atoms with E-state index in [2.05, 4.69) is 14.8 Å². The van der Waals surface area contributed by atoms with Crippen molar-refractivity contribution in [3.05, 3.63) is 53.6 Å². The van der Waals surface area contributed by atoms with Gasteiger partial charge in [0.25, 0.3) is 0 Å². The standard InChI is InChI=1S/C36H39F3N4O3/c1-2-25-29(38)8-5-22-17-24(44)18-28(30(22)25)26-6-7-27-32(31(26)39)40-34(45-21-35-9-3-13-43(35)20-23(37)19-35)41-33(27)42-14-11-36(12-15-42)10-4-16-46-36/h5-8,17-18,23,44H,2-4,9-16,19-21H2,1H3/t23-,35+/m1/s1. The zero-order chi connectivity index (χ0) is 31.6. The summed E-state index contributed by atoms with van der Waals surface area (Å²) in [5.74, 6) is -0.417. The van der Waals surface area contributed by atoms with Crippen molar-refractivity contribution in [2.24, 2.45) is 0 Å². The molecule has 1 N–H and O–H groups in total. The number of aromatic hydroxyl groups is 1. The number of piperidine rings is 1. The molecule has 8 rings (SSSR count). The molecule has 46 heavy (non-hydrogen) atoms. The summed E-state index contributed by atoms with van der Waals surface area (Å²) in [4.78, 5) is 13.8. The van der Waals surface area contributed by atoms with Gasteiger partial charge in [-0.05, 0) is 97.7 Å². The predicted octanol–water partition coefficient (Wildman–Crippen LogP) is 7.10.